The molecule has 0 heterocycles. The molecule has 58 valence electrons. The predicted octanol–water partition coefficient (Wildman–Crippen LogP) is 1.11. The van der Waals surface area contributed by atoms with E-state index in [2.05, 4.69) is 6.58 Å². The first-order chi connectivity index (χ1) is 5.24. The number of hydrogen-bond donors (Lipinski definition) is 0. The van der Waals surface area contributed by atoms with Gasteiger partial charge in [0.15, 0.2) is 0 Å². The quantitative estimate of drug-likeness (QED) is 0.550. The Labute approximate surface area is 67.1 Å². The van der Waals surface area contributed by atoms with Crippen LogP contribution in [0.4, 0.5) is 0 Å². The molecule has 0 saturated carbocycles. The normalized spacial score (nSPS) is 16.0. The Morgan fingerprint density at radius 2 is 2.18 bits per heavy atom. The first kappa shape index (κ1) is 8.01. The zero-order valence-electron chi connectivity index (χ0n) is 5.95. The van der Waals surface area contributed by atoms with Gasteiger partial charge in [-0.3, -0.25) is 0 Å². The smallest absolute Gasteiger partial charge is 0.184 e. The van der Waals surface area contributed by atoms with Crippen LogP contribution < -0.4 is 0 Å². The topological polar surface area (TPSA) is 34.1 Å². The zero-order chi connectivity index (χ0) is 8.27. The zero-order valence-corrected chi connectivity index (χ0v) is 6.76. The van der Waals surface area contributed by atoms with Crippen LogP contribution in [0.15, 0.2) is 36.5 Å². The maximum atomic E-state index is 10.4. The van der Waals surface area contributed by atoms with Crippen LogP contribution in [0.5, 0.6) is 0 Å². The van der Waals surface area contributed by atoms with Crippen LogP contribution >= 0.6 is 0 Å². The number of rotatable bonds is 1. The van der Waals surface area contributed by atoms with Crippen LogP contribution in [0.1, 0.15) is 6.42 Å². The molecule has 1 aliphatic carbocycles. The Morgan fingerprint density at radius 3 is 2.55 bits per heavy atom. The highest BCUT2D eigenvalue weighted by Crippen LogP contribution is 2.07. The first-order valence-electron chi connectivity index (χ1n) is 3.20. The van der Waals surface area contributed by atoms with Gasteiger partial charge in [0, 0.05) is 6.42 Å². The van der Waals surface area contributed by atoms with Gasteiger partial charge in [0.1, 0.15) is 0 Å². The molecule has 0 N–H and O–H groups in total. The fourth-order valence-corrected chi connectivity index (χ4v) is 1.22. The molecule has 0 bridgehead atoms. The minimum absolute atomic E-state index is 0.426. The molecule has 0 saturated heterocycles. The molecule has 11 heavy (non-hydrogen) atoms. The maximum Gasteiger partial charge on any atom is 0.217 e. The van der Waals surface area contributed by atoms with E-state index in [1.165, 1.54) is 0 Å². The van der Waals surface area contributed by atoms with Crippen molar-refractivity contribution in [2.24, 2.45) is 0 Å². The molecular weight excluding hydrogens is 160 g/mol. The molecule has 2 nitrogen and oxygen atoms in total. The molecule has 0 aliphatic heterocycles. The number of allylic oxidation sites excluding steroid dienone is 5. The Hall–Kier alpha value is -1.09. The third-order valence-electron chi connectivity index (χ3n) is 1.45. The van der Waals surface area contributed by atoms with E-state index in [1.54, 1.807) is 18.2 Å². The Bertz CT molecular complexity index is 348. The second-order valence-electron chi connectivity index (χ2n) is 2.15. The maximum absolute atomic E-state index is 10.4. The molecule has 0 amide bonds. The fourth-order valence-electron chi connectivity index (χ4n) is 0.819. The summed E-state index contributed by atoms with van der Waals surface area (Å²) < 4.78 is 20.8. The summed E-state index contributed by atoms with van der Waals surface area (Å²) in [5.74, 6) is 0. The lowest BCUT2D eigenvalue weighted by Gasteiger charge is -1.99. The van der Waals surface area contributed by atoms with Crippen molar-refractivity contribution >= 4 is 15.2 Å². The molecule has 0 aromatic rings. The summed E-state index contributed by atoms with van der Waals surface area (Å²) in [7, 11) is -2.07. The third-order valence-corrected chi connectivity index (χ3v) is 2.18. The van der Waals surface area contributed by atoms with E-state index in [4.69, 9.17) is 0 Å². The largest absolute Gasteiger partial charge is 0.217 e. The highest BCUT2D eigenvalue weighted by atomic mass is 32.2. The van der Waals surface area contributed by atoms with Crippen LogP contribution in [0, 0.1) is 0 Å². The van der Waals surface area contributed by atoms with Gasteiger partial charge in [-0.15, -0.1) is 0 Å². The van der Waals surface area contributed by atoms with Crippen LogP contribution in [0.25, 0.3) is 0 Å². The van der Waals surface area contributed by atoms with Crippen molar-refractivity contribution in [2.75, 3.05) is 0 Å². The highest BCUT2D eigenvalue weighted by molar-refractivity contribution is 7.73. The van der Waals surface area contributed by atoms with Gasteiger partial charge in [0.25, 0.3) is 0 Å². The molecule has 0 aromatic heterocycles. The monoisotopic (exact) mass is 168 g/mol. The highest BCUT2D eigenvalue weighted by Gasteiger charge is 1.99. The molecule has 1 aliphatic rings. The summed E-state index contributed by atoms with van der Waals surface area (Å²) in [5, 5.41) is 0. The molecule has 1 rings (SSSR count). The summed E-state index contributed by atoms with van der Waals surface area (Å²) >= 11 is 0. The van der Waals surface area contributed by atoms with E-state index >= 15 is 0 Å². The molecule has 0 radical (unpaired) electrons. The lowest BCUT2D eigenvalue weighted by molar-refractivity contribution is 0.627. The van der Waals surface area contributed by atoms with Crippen molar-refractivity contribution in [2.45, 2.75) is 6.42 Å². The van der Waals surface area contributed by atoms with Crippen LogP contribution in [0.3, 0.4) is 0 Å². The van der Waals surface area contributed by atoms with Gasteiger partial charge in [-0.25, -0.2) is 0 Å². The third kappa shape index (κ3) is 1.91. The lowest BCUT2D eigenvalue weighted by Crippen LogP contribution is -1.97. The Morgan fingerprint density at radius 1 is 1.45 bits per heavy atom. The van der Waals surface area contributed by atoms with Crippen LogP contribution in [0.2, 0.25) is 0 Å². The predicted molar refractivity (Wildman–Crippen MR) is 46.0 cm³/mol. The van der Waals surface area contributed by atoms with Crippen LogP contribution in [-0.4, -0.2) is 13.3 Å². The van der Waals surface area contributed by atoms with Crippen molar-refractivity contribution in [1.29, 1.82) is 0 Å². The van der Waals surface area contributed by atoms with Gasteiger partial charge in [-0.05, 0) is 11.6 Å². The van der Waals surface area contributed by atoms with E-state index in [0.29, 0.717) is 11.3 Å². The Kier molecular flexibility index (Phi) is 2.44. The van der Waals surface area contributed by atoms with Crippen molar-refractivity contribution in [3.05, 3.63) is 36.5 Å². The lowest BCUT2D eigenvalue weighted by atomic mass is 10.1. The van der Waals surface area contributed by atoms with Gasteiger partial charge in [0.2, 0.25) is 10.3 Å². The van der Waals surface area contributed by atoms with E-state index in [9.17, 15) is 8.42 Å². The summed E-state index contributed by atoms with van der Waals surface area (Å²) in [5.41, 5.74) is 0.971. The van der Waals surface area contributed by atoms with Crippen LogP contribution in [-0.2, 0) is 10.3 Å². The average molecular weight is 168 g/mol. The van der Waals surface area contributed by atoms with E-state index in [-0.39, 0.29) is 0 Å². The van der Waals surface area contributed by atoms with Crippen molar-refractivity contribution in [3.8, 4) is 0 Å². The van der Waals surface area contributed by atoms with E-state index in [1.807, 2.05) is 6.08 Å². The second kappa shape index (κ2) is 3.34. The van der Waals surface area contributed by atoms with Gasteiger partial charge >= 0.3 is 0 Å². The van der Waals surface area contributed by atoms with E-state index in [0.717, 1.165) is 5.57 Å². The van der Waals surface area contributed by atoms with Crippen molar-refractivity contribution in [3.63, 3.8) is 0 Å². The summed E-state index contributed by atoms with van der Waals surface area (Å²) in [6.07, 6.45) is 7.34. The molecular formula is C8H8O2S. The van der Waals surface area contributed by atoms with Crippen molar-refractivity contribution < 1.29 is 8.42 Å². The summed E-state index contributed by atoms with van der Waals surface area (Å²) in [6, 6.07) is 0. The van der Waals surface area contributed by atoms with Gasteiger partial charge in [0.05, 0.1) is 4.86 Å². The Balaban J connectivity index is 2.98. The van der Waals surface area contributed by atoms with E-state index < -0.39 is 10.3 Å². The minimum atomic E-state index is -2.07. The second-order valence-corrected chi connectivity index (χ2v) is 3.14. The minimum Gasteiger partial charge on any atom is -0.184 e. The van der Waals surface area contributed by atoms with Gasteiger partial charge in [-0.1, -0.05) is 24.8 Å². The molecule has 3 heteroatoms. The summed E-state index contributed by atoms with van der Waals surface area (Å²) in [6.45, 7) is 3.57. The SMILES string of the molecule is C=CC1=CCC(=S(=O)=O)C=C1. The van der Waals surface area contributed by atoms with Gasteiger partial charge in [-0.2, -0.15) is 8.42 Å². The average Bonchev–Trinajstić information content (AvgIpc) is 2.05. The fraction of sp³-hybridized carbons (Fsp3) is 0.125. The molecule has 0 atom stereocenters. The standard InChI is InChI=1S/C8H8O2S/c1-2-7-3-5-8(6-4-7)11(9)10/h2-5H,1,6H2. The van der Waals surface area contributed by atoms with Crippen molar-refractivity contribution in [1.82, 2.24) is 0 Å². The molecule has 0 unspecified atom stereocenters. The molecule has 0 fully saturated rings. The summed E-state index contributed by atoms with van der Waals surface area (Å²) in [4.78, 5) is 0.426. The van der Waals surface area contributed by atoms with Gasteiger partial charge < -0.3 is 0 Å². The number of hydrogen-bond acceptors (Lipinski definition) is 2. The molecule has 0 spiro atoms. The molecule has 0 aromatic carbocycles. The first-order valence-corrected chi connectivity index (χ1v) is 4.27.